The normalized spacial score (nSPS) is 21.4. The van der Waals surface area contributed by atoms with Gasteiger partial charge in [0.25, 0.3) is 5.91 Å². The molecule has 0 aliphatic carbocycles. The molecule has 0 unspecified atom stereocenters. The SMILES string of the molecule is COCC(=O)Nc1ccc2c(c1)OC[C@@H](C)N(Cc1cc(F)ccc1F)C[C@H](C)[C@@H](OC)CN(C)C2=O. The summed E-state index contributed by atoms with van der Waals surface area (Å²) in [4.78, 5) is 28.9. The van der Waals surface area contributed by atoms with Gasteiger partial charge in [-0.15, -0.1) is 0 Å². The smallest absolute Gasteiger partial charge is 0.257 e. The number of hydrogen-bond acceptors (Lipinski definition) is 6. The second kappa shape index (κ2) is 12.9. The molecule has 10 heteroatoms. The first-order chi connectivity index (χ1) is 17.6. The summed E-state index contributed by atoms with van der Waals surface area (Å²) in [6.45, 7) is 4.97. The van der Waals surface area contributed by atoms with E-state index in [2.05, 4.69) is 5.32 Å². The van der Waals surface area contributed by atoms with Crippen molar-refractivity contribution in [3.05, 3.63) is 59.2 Å². The number of carbonyl (C=O) groups is 2. The Hall–Kier alpha value is -3.08. The third kappa shape index (κ3) is 7.47. The van der Waals surface area contributed by atoms with Gasteiger partial charge in [0.15, 0.2) is 0 Å². The minimum atomic E-state index is -0.505. The van der Waals surface area contributed by atoms with Crippen LogP contribution in [0, 0.1) is 17.6 Å². The van der Waals surface area contributed by atoms with Crippen molar-refractivity contribution < 1.29 is 32.6 Å². The highest BCUT2D eigenvalue weighted by atomic mass is 19.1. The number of hydrogen-bond donors (Lipinski definition) is 1. The largest absolute Gasteiger partial charge is 0.491 e. The van der Waals surface area contributed by atoms with Crippen LogP contribution in [0.25, 0.3) is 0 Å². The molecule has 2 aromatic rings. The lowest BCUT2D eigenvalue weighted by atomic mass is 10.0. The van der Waals surface area contributed by atoms with E-state index in [-0.39, 0.29) is 55.2 Å². The molecule has 1 aliphatic rings. The fourth-order valence-electron chi connectivity index (χ4n) is 4.36. The summed E-state index contributed by atoms with van der Waals surface area (Å²) in [6, 6.07) is 8.03. The minimum Gasteiger partial charge on any atom is -0.491 e. The number of methoxy groups -OCH3 is 2. The van der Waals surface area contributed by atoms with Crippen molar-refractivity contribution in [2.45, 2.75) is 32.5 Å². The average molecular weight is 520 g/mol. The number of nitrogens with one attached hydrogen (secondary N) is 1. The first-order valence-electron chi connectivity index (χ1n) is 12.1. The molecule has 0 spiro atoms. The average Bonchev–Trinajstić information content (AvgIpc) is 2.86. The second-order valence-corrected chi connectivity index (χ2v) is 9.45. The zero-order valence-corrected chi connectivity index (χ0v) is 21.9. The van der Waals surface area contributed by atoms with E-state index in [1.165, 1.54) is 13.2 Å². The highest BCUT2D eigenvalue weighted by Crippen LogP contribution is 2.27. The Labute approximate surface area is 216 Å². The molecular weight excluding hydrogens is 484 g/mol. The van der Waals surface area contributed by atoms with Crippen molar-refractivity contribution in [2.24, 2.45) is 5.92 Å². The molecule has 202 valence electrons. The van der Waals surface area contributed by atoms with Gasteiger partial charge in [-0.3, -0.25) is 14.5 Å². The van der Waals surface area contributed by atoms with Crippen LogP contribution in [0.5, 0.6) is 5.75 Å². The van der Waals surface area contributed by atoms with Gasteiger partial charge in [-0.1, -0.05) is 6.92 Å². The Kier molecular flexibility index (Phi) is 9.96. The van der Waals surface area contributed by atoms with E-state index in [0.29, 0.717) is 30.1 Å². The fourth-order valence-corrected chi connectivity index (χ4v) is 4.36. The van der Waals surface area contributed by atoms with Crippen LogP contribution in [0.4, 0.5) is 14.5 Å². The van der Waals surface area contributed by atoms with E-state index in [4.69, 9.17) is 14.2 Å². The molecule has 0 saturated heterocycles. The Morgan fingerprint density at radius 2 is 1.89 bits per heavy atom. The number of anilines is 1. The highest BCUT2D eigenvalue weighted by molar-refractivity contribution is 5.98. The van der Waals surface area contributed by atoms with Gasteiger partial charge in [-0.05, 0) is 43.2 Å². The summed E-state index contributed by atoms with van der Waals surface area (Å²) in [5.74, 6) is -1.30. The number of nitrogens with zero attached hydrogens (tertiary/aromatic N) is 2. The molecule has 2 amide bonds. The van der Waals surface area contributed by atoms with E-state index >= 15 is 0 Å². The Bertz CT molecular complexity index is 1100. The van der Waals surface area contributed by atoms with Crippen molar-refractivity contribution >= 4 is 17.5 Å². The van der Waals surface area contributed by atoms with Gasteiger partial charge in [-0.2, -0.15) is 0 Å². The van der Waals surface area contributed by atoms with Crippen LogP contribution in [0.2, 0.25) is 0 Å². The standard InChI is InChI=1S/C27H35F2N3O5/c1-17-12-32(13-19-10-20(28)6-9-23(19)29)18(2)15-37-24-11-21(30-26(33)16-35-4)7-8-22(24)27(34)31(3)14-25(17)36-5/h6-11,17-18,25H,12-16H2,1-5H3,(H,30,33)/t17-,18+,25-/m0/s1. The minimum absolute atomic E-state index is 0.0309. The van der Waals surface area contributed by atoms with Gasteiger partial charge in [0.2, 0.25) is 5.91 Å². The predicted molar refractivity (Wildman–Crippen MR) is 136 cm³/mol. The number of carbonyl (C=O) groups excluding carboxylic acids is 2. The Balaban J connectivity index is 1.95. The van der Waals surface area contributed by atoms with Gasteiger partial charge < -0.3 is 24.4 Å². The first-order valence-corrected chi connectivity index (χ1v) is 12.1. The number of likely N-dealkylation sites (N-methyl/N-ethyl adjacent to an activating group) is 1. The summed E-state index contributed by atoms with van der Waals surface area (Å²) in [7, 11) is 4.71. The number of fused-ring (bicyclic) bond motifs is 1. The molecule has 37 heavy (non-hydrogen) atoms. The monoisotopic (exact) mass is 519 g/mol. The molecule has 1 heterocycles. The Morgan fingerprint density at radius 3 is 2.59 bits per heavy atom. The molecule has 0 bridgehead atoms. The molecule has 0 radical (unpaired) electrons. The lowest BCUT2D eigenvalue weighted by Gasteiger charge is -2.36. The van der Waals surface area contributed by atoms with E-state index in [1.54, 1.807) is 37.3 Å². The molecule has 1 N–H and O–H groups in total. The molecule has 3 rings (SSSR count). The first kappa shape index (κ1) is 28.5. The van der Waals surface area contributed by atoms with Crippen molar-refractivity contribution in [2.75, 3.05) is 52.9 Å². The van der Waals surface area contributed by atoms with Crippen LogP contribution in [-0.4, -0.2) is 81.3 Å². The van der Waals surface area contributed by atoms with Crippen molar-refractivity contribution in [3.63, 3.8) is 0 Å². The van der Waals surface area contributed by atoms with Crippen molar-refractivity contribution in [1.82, 2.24) is 9.80 Å². The number of rotatable bonds is 6. The van der Waals surface area contributed by atoms with Crippen LogP contribution >= 0.6 is 0 Å². The van der Waals surface area contributed by atoms with Crippen molar-refractivity contribution in [3.8, 4) is 5.75 Å². The van der Waals surface area contributed by atoms with E-state index in [0.717, 1.165) is 12.1 Å². The number of amides is 2. The van der Waals surface area contributed by atoms with Crippen LogP contribution in [0.1, 0.15) is 29.8 Å². The molecule has 3 atom stereocenters. The van der Waals surface area contributed by atoms with Crippen molar-refractivity contribution in [1.29, 1.82) is 0 Å². The molecule has 2 aromatic carbocycles. The molecule has 0 saturated carbocycles. The molecule has 8 nitrogen and oxygen atoms in total. The van der Waals surface area contributed by atoms with Crippen LogP contribution in [0.15, 0.2) is 36.4 Å². The fraction of sp³-hybridized carbons (Fsp3) is 0.481. The van der Waals surface area contributed by atoms with E-state index in [1.807, 2.05) is 18.7 Å². The predicted octanol–water partition coefficient (Wildman–Crippen LogP) is 3.56. The highest BCUT2D eigenvalue weighted by Gasteiger charge is 2.29. The second-order valence-electron chi connectivity index (χ2n) is 9.45. The molecule has 1 aliphatic heterocycles. The van der Waals surface area contributed by atoms with Crippen LogP contribution in [0.3, 0.4) is 0 Å². The van der Waals surface area contributed by atoms with Gasteiger partial charge in [-0.25, -0.2) is 8.78 Å². The summed E-state index contributed by atoms with van der Waals surface area (Å²) in [5.41, 5.74) is 1.04. The maximum absolute atomic E-state index is 14.5. The molecule has 0 fully saturated rings. The summed E-state index contributed by atoms with van der Waals surface area (Å²) < 4.78 is 45.1. The molecule has 0 aromatic heterocycles. The summed E-state index contributed by atoms with van der Waals surface area (Å²) in [5, 5.41) is 2.72. The van der Waals surface area contributed by atoms with Crippen LogP contribution < -0.4 is 10.1 Å². The van der Waals surface area contributed by atoms with Gasteiger partial charge in [0.1, 0.15) is 30.6 Å². The van der Waals surface area contributed by atoms with Gasteiger partial charge >= 0.3 is 0 Å². The summed E-state index contributed by atoms with van der Waals surface area (Å²) >= 11 is 0. The van der Waals surface area contributed by atoms with Gasteiger partial charge in [0, 0.05) is 64.3 Å². The maximum Gasteiger partial charge on any atom is 0.257 e. The summed E-state index contributed by atoms with van der Waals surface area (Å²) in [6.07, 6.45) is -0.294. The zero-order valence-electron chi connectivity index (χ0n) is 21.9. The maximum atomic E-state index is 14.5. The Morgan fingerprint density at radius 1 is 1.14 bits per heavy atom. The molecular formula is C27H35F2N3O5. The third-order valence-electron chi connectivity index (χ3n) is 6.52. The van der Waals surface area contributed by atoms with E-state index < -0.39 is 11.6 Å². The third-order valence-corrected chi connectivity index (χ3v) is 6.52. The lowest BCUT2D eigenvalue weighted by Crippen LogP contribution is -2.46. The topological polar surface area (TPSA) is 80.3 Å². The quantitative estimate of drug-likeness (QED) is 0.629. The zero-order chi connectivity index (χ0) is 27.1. The number of ether oxygens (including phenoxy) is 3. The van der Waals surface area contributed by atoms with Gasteiger partial charge in [0.05, 0.1) is 11.7 Å². The number of benzene rings is 2. The number of halogens is 2. The lowest BCUT2D eigenvalue weighted by molar-refractivity contribution is -0.119. The van der Waals surface area contributed by atoms with Crippen LogP contribution in [-0.2, 0) is 20.8 Å². The van der Waals surface area contributed by atoms with E-state index in [9.17, 15) is 18.4 Å².